The number of para-hydroxylation sites is 1. The lowest BCUT2D eigenvalue weighted by Crippen LogP contribution is -2.51. The van der Waals surface area contributed by atoms with Gasteiger partial charge in [-0.05, 0) is 31.2 Å². The third-order valence-electron chi connectivity index (χ3n) is 5.60. The summed E-state index contributed by atoms with van der Waals surface area (Å²) in [4.78, 5) is 30.9. The van der Waals surface area contributed by atoms with Crippen LogP contribution in [0.4, 0.5) is 15.8 Å². The second-order valence-corrected chi connectivity index (χ2v) is 7.50. The van der Waals surface area contributed by atoms with Crippen LogP contribution in [0, 0.1) is 18.7 Å². The highest BCUT2D eigenvalue weighted by atomic mass is 19.1. The van der Waals surface area contributed by atoms with E-state index in [0.717, 1.165) is 11.3 Å². The average Bonchev–Trinajstić information content (AvgIpc) is 3.10. The van der Waals surface area contributed by atoms with E-state index in [1.807, 2.05) is 47.1 Å². The number of carbonyl (C=O) groups excluding carboxylic acids is 2. The monoisotopic (exact) mass is 381 g/mol. The molecule has 2 heterocycles. The van der Waals surface area contributed by atoms with Crippen molar-refractivity contribution in [2.45, 2.75) is 13.3 Å². The van der Waals surface area contributed by atoms with Crippen molar-refractivity contribution in [3.05, 3.63) is 59.9 Å². The molecule has 6 heteroatoms. The molecule has 2 saturated heterocycles. The minimum absolute atomic E-state index is 0.00723. The fourth-order valence-electron chi connectivity index (χ4n) is 3.98. The van der Waals surface area contributed by atoms with Crippen molar-refractivity contribution in [1.29, 1.82) is 0 Å². The number of carbonyl (C=O) groups is 2. The van der Waals surface area contributed by atoms with Gasteiger partial charge in [0.15, 0.2) is 0 Å². The van der Waals surface area contributed by atoms with E-state index in [0.29, 0.717) is 38.4 Å². The van der Waals surface area contributed by atoms with Gasteiger partial charge in [-0.2, -0.15) is 0 Å². The lowest BCUT2D eigenvalue weighted by atomic mass is 10.1. The summed E-state index contributed by atoms with van der Waals surface area (Å²) in [6.45, 7) is 4.70. The van der Waals surface area contributed by atoms with Crippen LogP contribution in [0.5, 0.6) is 0 Å². The van der Waals surface area contributed by atoms with Gasteiger partial charge in [0.1, 0.15) is 5.82 Å². The molecule has 0 radical (unpaired) electrons. The summed E-state index contributed by atoms with van der Waals surface area (Å²) in [5.41, 5.74) is 2.56. The molecule has 2 aromatic rings. The highest BCUT2D eigenvalue weighted by molar-refractivity contribution is 6.00. The van der Waals surface area contributed by atoms with Gasteiger partial charge < -0.3 is 14.7 Å². The lowest BCUT2D eigenvalue weighted by Gasteiger charge is -2.37. The van der Waals surface area contributed by atoms with Crippen molar-refractivity contribution in [3.63, 3.8) is 0 Å². The molecule has 2 aromatic carbocycles. The van der Waals surface area contributed by atoms with E-state index < -0.39 is 0 Å². The van der Waals surface area contributed by atoms with Gasteiger partial charge in [-0.25, -0.2) is 4.39 Å². The molecule has 2 aliphatic heterocycles. The second-order valence-electron chi connectivity index (χ2n) is 7.50. The van der Waals surface area contributed by atoms with Gasteiger partial charge in [-0.3, -0.25) is 9.59 Å². The Balaban J connectivity index is 1.37. The highest BCUT2D eigenvalue weighted by Gasteiger charge is 2.38. The molecule has 2 aliphatic rings. The van der Waals surface area contributed by atoms with Crippen molar-refractivity contribution >= 4 is 23.2 Å². The molecule has 2 amide bonds. The molecule has 0 N–H and O–H groups in total. The van der Waals surface area contributed by atoms with E-state index >= 15 is 0 Å². The minimum atomic E-state index is -0.311. The van der Waals surface area contributed by atoms with Gasteiger partial charge in [0.2, 0.25) is 11.8 Å². The molecule has 4 rings (SSSR count). The number of aryl methyl sites for hydroxylation is 1. The van der Waals surface area contributed by atoms with E-state index in [-0.39, 0.29) is 30.0 Å². The molecule has 146 valence electrons. The average molecular weight is 381 g/mol. The molecule has 28 heavy (non-hydrogen) atoms. The van der Waals surface area contributed by atoms with Gasteiger partial charge in [0.25, 0.3) is 0 Å². The zero-order valence-electron chi connectivity index (χ0n) is 16.0. The zero-order valence-corrected chi connectivity index (χ0v) is 16.0. The summed E-state index contributed by atoms with van der Waals surface area (Å²) in [6.07, 6.45) is 0.250. The zero-order chi connectivity index (χ0) is 19.7. The first-order valence-corrected chi connectivity index (χ1v) is 9.68. The van der Waals surface area contributed by atoms with Crippen molar-refractivity contribution in [3.8, 4) is 0 Å². The first-order valence-electron chi connectivity index (χ1n) is 9.68. The Bertz CT molecular complexity index is 876. The van der Waals surface area contributed by atoms with E-state index in [4.69, 9.17) is 0 Å². The van der Waals surface area contributed by atoms with Crippen LogP contribution in [0.1, 0.15) is 12.0 Å². The fourth-order valence-corrected chi connectivity index (χ4v) is 3.98. The molecular formula is C22H24FN3O2. The lowest BCUT2D eigenvalue weighted by molar-refractivity contribution is -0.136. The third-order valence-corrected chi connectivity index (χ3v) is 5.60. The molecule has 0 aromatic heterocycles. The normalized spacial score (nSPS) is 20.0. The first kappa shape index (κ1) is 18.5. The maximum atomic E-state index is 14.0. The van der Waals surface area contributed by atoms with E-state index in [2.05, 4.69) is 0 Å². The predicted molar refractivity (Wildman–Crippen MR) is 107 cm³/mol. The van der Waals surface area contributed by atoms with Crippen molar-refractivity contribution < 1.29 is 14.0 Å². The number of rotatable bonds is 3. The van der Waals surface area contributed by atoms with Crippen LogP contribution in [0.25, 0.3) is 0 Å². The standard InChI is InChI=1S/C22H24FN3O2/c1-16-6-8-18(9-7-16)26-15-17(14-21(26)27)22(28)25-12-10-24(11-13-25)20-5-3-2-4-19(20)23/h2-9,17H,10-15H2,1H3/t17-/m0/s1. The second kappa shape index (κ2) is 7.62. The number of hydrogen-bond donors (Lipinski definition) is 0. The van der Waals surface area contributed by atoms with E-state index in [9.17, 15) is 14.0 Å². The summed E-state index contributed by atoms with van der Waals surface area (Å²) in [7, 11) is 0. The SMILES string of the molecule is Cc1ccc(N2C[C@@H](C(=O)N3CCN(c4ccccc4F)CC3)CC2=O)cc1. The van der Waals surface area contributed by atoms with Crippen LogP contribution >= 0.6 is 0 Å². The summed E-state index contributed by atoms with van der Waals surface area (Å²) in [6, 6.07) is 14.5. The van der Waals surface area contributed by atoms with Crippen LogP contribution in [-0.4, -0.2) is 49.4 Å². The third kappa shape index (κ3) is 3.59. The van der Waals surface area contributed by atoms with Crippen LogP contribution in [0.2, 0.25) is 0 Å². The number of hydrogen-bond acceptors (Lipinski definition) is 3. The minimum Gasteiger partial charge on any atom is -0.366 e. The number of halogens is 1. The summed E-state index contributed by atoms with van der Waals surface area (Å²) in [5.74, 6) is -0.533. The molecule has 0 bridgehead atoms. The molecule has 5 nitrogen and oxygen atoms in total. The van der Waals surface area contributed by atoms with Crippen molar-refractivity contribution in [2.75, 3.05) is 42.5 Å². The first-order chi connectivity index (χ1) is 13.5. The Morgan fingerprint density at radius 3 is 2.36 bits per heavy atom. The van der Waals surface area contributed by atoms with Crippen LogP contribution in [0.15, 0.2) is 48.5 Å². The summed E-state index contributed by atoms with van der Waals surface area (Å²) < 4.78 is 14.0. The molecule has 2 fully saturated rings. The van der Waals surface area contributed by atoms with Gasteiger partial charge in [0.05, 0.1) is 11.6 Å². The number of amides is 2. The van der Waals surface area contributed by atoms with Gasteiger partial charge in [-0.1, -0.05) is 29.8 Å². The summed E-state index contributed by atoms with van der Waals surface area (Å²) >= 11 is 0. The quantitative estimate of drug-likeness (QED) is 0.821. The Kier molecular flexibility index (Phi) is 5.03. The molecule has 1 atom stereocenters. The number of piperazine rings is 1. The fraction of sp³-hybridized carbons (Fsp3) is 0.364. The van der Waals surface area contributed by atoms with E-state index in [1.165, 1.54) is 6.07 Å². The van der Waals surface area contributed by atoms with Crippen LogP contribution in [-0.2, 0) is 9.59 Å². The van der Waals surface area contributed by atoms with Gasteiger partial charge in [-0.15, -0.1) is 0 Å². The molecule has 0 saturated carbocycles. The maximum absolute atomic E-state index is 14.0. The molecule has 0 aliphatic carbocycles. The summed E-state index contributed by atoms with van der Waals surface area (Å²) in [5, 5.41) is 0. The van der Waals surface area contributed by atoms with Gasteiger partial charge in [0, 0.05) is 44.8 Å². The highest BCUT2D eigenvalue weighted by Crippen LogP contribution is 2.27. The van der Waals surface area contributed by atoms with E-state index in [1.54, 1.807) is 17.0 Å². The largest absolute Gasteiger partial charge is 0.366 e. The Morgan fingerprint density at radius 2 is 1.68 bits per heavy atom. The number of nitrogens with zero attached hydrogens (tertiary/aromatic N) is 3. The van der Waals surface area contributed by atoms with Crippen LogP contribution < -0.4 is 9.80 Å². The number of anilines is 2. The molecule has 0 unspecified atom stereocenters. The van der Waals surface area contributed by atoms with Crippen molar-refractivity contribution in [2.24, 2.45) is 5.92 Å². The Labute approximate surface area is 164 Å². The van der Waals surface area contributed by atoms with Crippen LogP contribution in [0.3, 0.4) is 0 Å². The smallest absolute Gasteiger partial charge is 0.228 e. The Morgan fingerprint density at radius 1 is 1.00 bits per heavy atom. The number of benzene rings is 2. The topological polar surface area (TPSA) is 43.9 Å². The predicted octanol–water partition coefficient (Wildman–Crippen LogP) is 2.84. The van der Waals surface area contributed by atoms with Crippen molar-refractivity contribution in [1.82, 2.24) is 4.90 Å². The Hall–Kier alpha value is -2.89. The molecular weight excluding hydrogens is 357 g/mol. The molecule has 0 spiro atoms. The maximum Gasteiger partial charge on any atom is 0.228 e. The van der Waals surface area contributed by atoms with Gasteiger partial charge >= 0.3 is 0 Å².